The second-order valence-corrected chi connectivity index (χ2v) is 8.26. The summed E-state index contributed by atoms with van der Waals surface area (Å²) in [6.07, 6.45) is 4.58. The summed E-state index contributed by atoms with van der Waals surface area (Å²) in [6, 6.07) is 3.42. The van der Waals surface area contributed by atoms with Crippen molar-refractivity contribution in [3.63, 3.8) is 0 Å². The molecule has 1 aliphatic carbocycles. The molecule has 2 aromatic heterocycles. The van der Waals surface area contributed by atoms with Crippen molar-refractivity contribution >= 4 is 45.0 Å². The molecule has 2 heterocycles. The first-order chi connectivity index (χ1) is 12.7. The molecular weight excluding hydrogens is 377 g/mol. The van der Waals surface area contributed by atoms with Gasteiger partial charge in [0.05, 0.1) is 11.8 Å². The van der Waals surface area contributed by atoms with E-state index in [0.717, 1.165) is 34.5 Å². The van der Waals surface area contributed by atoms with Crippen LogP contribution in [0.25, 0.3) is 10.1 Å². The molecule has 0 saturated heterocycles. The second kappa shape index (κ2) is 7.20. The number of tetrazole rings is 1. The quantitative estimate of drug-likeness (QED) is 0.684. The Kier molecular flexibility index (Phi) is 4.77. The number of halogens is 1. The molecule has 0 atom stereocenters. The molecule has 1 saturated carbocycles. The molecule has 136 valence electrons. The summed E-state index contributed by atoms with van der Waals surface area (Å²) in [6.45, 7) is 0. The third-order valence-electron chi connectivity index (χ3n) is 4.30. The van der Waals surface area contributed by atoms with Crippen LogP contribution in [0.5, 0.6) is 5.75 Å². The summed E-state index contributed by atoms with van der Waals surface area (Å²) in [5, 5.41) is 17.0. The summed E-state index contributed by atoms with van der Waals surface area (Å²) >= 11 is 2.77. The Morgan fingerprint density at radius 2 is 2.23 bits per heavy atom. The predicted molar refractivity (Wildman–Crippen MR) is 98.6 cm³/mol. The van der Waals surface area contributed by atoms with Gasteiger partial charge in [-0.05, 0) is 30.2 Å². The van der Waals surface area contributed by atoms with Crippen molar-refractivity contribution in [3.05, 3.63) is 22.8 Å². The van der Waals surface area contributed by atoms with E-state index in [-0.39, 0.29) is 17.6 Å². The molecule has 1 aromatic carbocycles. The minimum Gasteiger partial charge on any atom is -0.494 e. The highest BCUT2D eigenvalue weighted by atomic mass is 32.2. The van der Waals surface area contributed by atoms with E-state index in [9.17, 15) is 9.18 Å². The van der Waals surface area contributed by atoms with Gasteiger partial charge >= 0.3 is 0 Å². The fourth-order valence-corrected chi connectivity index (χ4v) is 5.81. The number of carbonyl (C=O) groups is 1. The molecule has 0 unspecified atom stereocenters. The first kappa shape index (κ1) is 17.2. The van der Waals surface area contributed by atoms with Crippen molar-refractivity contribution in [2.24, 2.45) is 0 Å². The minimum absolute atomic E-state index is 0.0855. The molecule has 0 bridgehead atoms. The van der Waals surface area contributed by atoms with Crippen LogP contribution in [-0.2, 0) is 0 Å². The number of methoxy groups -OCH3 is 1. The van der Waals surface area contributed by atoms with Gasteiger partial charge in [0.25, 0.3) is 11.9 Å². The summed E-state index contributed by atoms with van der Waals surface area (Å²) in [5.74, 6) is -0.558. The number of thiophene rings is 1. The van der Waals surface area contributed by atoms with E-state index in [2.05, 4.69) is 25.9 Å². The molecule has 0 spiro atoms. The Balaban J connectivity index is 1.78. The number of hydrogen-bond donors (Lipinski definition) is 2. The van der Waals surface area contributed by atoms with Crippen molar-refractivity contribution in [2.75, 3.05) is 12.4 Å². The highest BCUT2D eigenvalue weighted by Crippen LogP contribution is 2.45. The van der Waals surface area contributed by atoms with Crippen LogP contribution in [-0.4, -0.2) is 38.9 Å². The Hall–Kier alpha value is -2.20. The number of thioether (sulfide) groups is 1. The standard InChI is InChI=1S/C16H16FN5O2S2/c1-24-10-7-6-9-12(11(10)17)26-14(13(9)25-8-4-2-3-5-8)15(23)18-16-19-21-22-20-16/h6-8H,2-5H2,1H3,(H2,18,19,20,21,22,23). The van der Waals surface area contributed by atoms with Crippen molar-refractivity contribution in [1.29, 1.82) is 0 Å². The van der Waals surface area contributed by atoms with Crippen LogP contribution in [0.15, 0.2) is 17.0 Å². The van der Waals surface area contributed by atoms with Crippen molar-refractivity contribution in [1.82, 2.24) is 20.6 Å². The lowest BCUT2D eigenvalue weighted by Crippen LogP contribution is -2.12. The first-order valence-electron chi connectivity index (χ1n) is 8.18. The Morgan fingerprint density at radius 3 is 2.92 bits per heavy atom. The highest BCUT2D eigenvalue weighted by Gasteiger charge is 2.26. The molecule has 7 nitrogen and oxygen atoms in total. The molecule has 1 fully saturated rings. The minimum atomic E-state index is -0.443. The van der Waals surface area contributed by atoms with Crippen LogP contribution >= 0.6 is 23.1 Å². The largest absolute Gasteiger partial charge is 0.494 e. The van der Waals surface area contributed by atoms with Gasteiger partial charge in [-0.25, -0.2) is 4.39 Å². The summed E-state index contributed by atoms with van der Waals surface area (Å²) in [5.41, 5.74) is 0. The average Bonchev–Trinajstić information content (AvgIpc) is 3.38. The maximum atomic E-state index is 14.7. The third kappa shape index (κ3) is 3.14. The number of fused-ring (bicyclic) bond motifs is 1. The number of aromatic nitrogens is 4. The fraction of sp³-hybridized carbons (Fsp3) is 0.375. The Morgan fingerprint density at radius 1 is 1.42 bits per heavy atom. The summed E-state index contributed by atoms with van der Waals surface area (Å²) in [7, 11) is 1.43. The van der Waals surface area contributed by atoms with E-state index in [4.69, 9.17) is 4.74 Å². The maximum absolute atomic E-state index is 14.7. The van der Waals surface area contributed by atoms with Crippen LogP contribution in [0, 0.1) is 5.82 Å². The van der Waals surface area contributed by atoms with E-state index in [1.165, 1.54) is 20.0 Å². The molecule has 0 aliphatic heterocycles. The van der Waals surface area contributed by atoms with Crippen LogP contribution < -0.4 is 10.1 Å². The number of ether oxygens (including phenoxy) is 1. The average molecular weight is 393 g/mol. The van der Waals surface area contributed by atoms with Gasteiger partial charge in [0.1, 0.15) is 4.88 Å². The first-order valence-corrected chi connectivity index (χ1v) is 9.87. The lowest BCUT2D eigenvalue weighted by molar-refractivity contribution is 0.102. The molecule has 1 aliphatic rings. The zero-order chi connectivity index (χ0) is 18.1. The monoisotopic (exact) mass is 393 g/mol. The number of H-pyrrole nitrogens is 1. The Bertz CT molecular complexity index is 938. The van der Waals surface area contributed by atoms with Crippen molar-refractivity contribution in [2.45, 2.75) is 35.8 Å². The maximum Gasteiger partial charge on any atom is 0.270 e. The topological polar surface area (TPSA) is 92.8 Å². The zero-order valence-electron chi connectivity index (χ0n) is 13.9. The van der Waals surface area contributed by atoms with Crippen molar-refractivity contribution < 1.29 is 13.9 Å². The number of hydrogen-bond acceptors (Lipinski definition) is 7. The highest BCUT2D eigenvalue weighted by molar-refractivity contribution is 8.00. The number of aromatic amines is 1. The second-order valence-electron chi connectivity index (χ2n) is 5.93. The number of amides is 1. The molecule has 0 radical (unpaired) electrons. The normalized spacial score (nSPS) is 14.8. The lowest BCUT2D eigenvalue weighted by atomic mass is 10.2. The number of nitrogens with zero attached hydrogens (tertiary/aromatic N) is 3. The van der Waals surface area contributed by atoms with Gasteiger partial charge in [-0.2, -0.15) is 5.21 Å². The number of nitrogens with one attached hydrogen (secondary N) is 2. The van der Waals surface area contributed by atoms with Crippen molar-refractivity contribution in [3.8, 4) is 5.75 Å². The molecule has 3 aromatic rings. The Labute approximate surface area is 156 Å². The van der Waals surface area contributed by atoms with E-state index >= 15 is 0 Å². The fourth-order valence-electron chi connectivity index (χ4n) is 3.06. The molecule has 10 heteroatoms. The zero-order valence-corrected chi connectivity index (χ0v) is 15.5. The van der Waals surface area contributed by atoms with Gasteiger partial charge in [0.15, 0.2) is 11.6 Å². The van der Waals surface area contributed by atoms with Gasteiger partial charge in [-0.15, -0.1) is 28.2 Å². The number of rotatable bonds is 5. The smallest absolute Gasteiger partial charge is 0.270 e. The number of carbonyl (C=O) groups excluding carboxylic acids is 1. The van der Waals surface area contributed by atoms with E-state index < -0.39 is 5.82 Å². The predicted octanol–water partition coefficient (Wildman–Crippen LogP) is 3.85. The molecule has 26 heavy (non-hydrogen) atoms. The van der Waals surface area contributed by atoms with Crippen LogP contribution in [0.4, 0.5) is 10.3 Å². The van der Waals surface area contributed by atoms with E-state index in [1.807, 2.05) is 6.07 Å². The number of anilines is 1. The van der Waals surface area contributed by atoms with Gasteiger partial charge in [-0.3, -0.25) is 10.1 Å². The van der Waals surface area contributed by atoms with Gasteiger partial charge in [0, 0.05) is 15.5 Å². The van der Waals surface area contributed by atoms with Crippen LogP contribution in [0.2, 0.25) is 0 Å². The van der Waals surface area contributed by atoms with Crippen LogP contribution in [0.1, 0.15) is 35.4 Å². The molecule has 4 rings (SSSR count). The molecular formula is C16H16FN5O2S2. The number of benzene rings is 1. The molecule has 2 N–H and O–H groups in total. The van der Waals surface area contributed by atoms with Gasteiger partial charge < -0.3 is 4.74 Å². The van der Waals surface area contributed by atoms with Gasteiger partial charge in [0.2, 0.25) is 0 Å². The molecule has 1 amide bonds. The summed E-state index contributed by atoms with van der Waals surface area (Å²) in [4.78, 5) is 14.0. The lowest BCUT2D eigenvalue weighted by Gasteiger charge is -2.10. The van der Waals surface area contributed by atoms with E-state index in [0.29, 0.717) is 14.8 Å². The van der Waals surface area contributed by atoms with Gasteiger partial charge in [-0.1, -0.05) is 17.9 Å². The van der Waals surface area contributed by atoms with E-state index in [1.54, 1.807) is 17.8 Å². The SMILES string of the molecule is COc1ccc2c(SC3CCCC3)c(C(=O)Nc3nn[nH]n3)sc2c1F. The third-order valence-corrected chi connectivity index (χ3v) is 7.09. The van der Waals surface area contributed by atoms with Crippen LogP contribution in [0.3, 0.4) is 0 Å². The summed E-state index contributed by atoms with van der Waals surface area (Å²) < 4.78 is 20.2.